The number of rotatable bonds is 3. The number of benzene rings is 2. The van der Waals surface area contributed by atoms with Crippen molar-refractivity contribution in [3.05, 3.63) is 47.5 Å². The molecule has 0 saturated heterocycles. The maximum absolute atomic E-state index is 9.63. The van der Waals surface area contributed by atoms with E-state index in [1.165, 1.54) is 12.4 Å². The fourth-order valence-corrected chi connectivity index (χ4v) is 1.70. The van der Waals surface area contributed by atoms with Gasteiger partial charge in [0.15, 0.2) is 0 Å². The third-order valence-corrected chi connectivity index (χ3v) is 2.76. The number of hydrogen-bond acceptors (Lipinski definition) is 4. The number of phenols is 2. The van der Waals surface area contributed by atoms with Crippen molar-refractivity contribution in [2.45, 2.75) is 13.8 Å². The van der Waals surface area contributed by atoms with Gasteiger partial charge in [-0.15, -0.1) is 0 Å². The average molecular weight is 268 g/mol. The molecule has 0 fully saturated rings. The Morgan fingerprint density at radius 3 is 1.55 bits per heavy atom. The lowest BCUT2D eigenvalue weighted by Crippen LogP contribution is -1.78. The normalized spacial score (nSPS) is 11.5. The lowest BCUT2D eigenvalue weighted by Gasteiger charge is -1.99. The molecule has 0 atom stereocenters. The molecular formula is C16H16N2O2. The topological polar surface area (TPSA) is 65.2 Å². The van der Waals surface area contributed by atoms with Gasteiger partial charge in [-0.2, -0.15) is 0 Å². The molecular weight excluding hydrogens is 252 g/mol. The molecule has 0 aliphatic rings. The highest BCUT2D eigenvalue weighted by atomic mass is 16.3. The first-order valence-electron chi connectivity index (χ1n) is 6.22. The summed E-state index contributed by atoms with van der Waals surface area (Å²) in [6.45, 7) is 3.86. The van der Waals surface area contributed by atoms with Crippen LogP contribution < -0.4 is 0 Å². The minimum atomic E-state index is 0.124. The van der Waals surface area contributed by atoms with Crippen LogP contribution in [0.3, 0.4) is 0 Å². The minimum absolute atomic E-state index is 0.124. The predicted molar refractivity (Wildman–Crippen MR) is 82.0 cm³/mol. The number of aliphatic imine (C=N–C) groups is 2. The molecule has 0 saturated carbocycles. The molecule has 4 nitrogen and oxygen atoms in total. The van der Waals surface area contributed by atoms with Gasteiger partial charge < -0.3 is 10.2 Å². The van der Waals surface area contributed by atoms with E-state index in [0.29, 0.717) is 11.4 Å². The maximum atomic E-state index is 9.63. The summed E-state index contributed by atoms with van der Waals surface area (Å²) in [4.78, 5) is 8.26. The second kappa shape index (κ2) is 6.02. The van der Waals surface area contributed by atoms with E-state index in [1.54, 1.807) is 24.3 Å². The van der Waals surface area contributed by atoms with Crippen molar-refractivity contribution < 1.29 is 10.2 Å². The third kappa shape index (κ3) is 3.45. The third-order valence-electron chi connectivity index (χ3n) is 2.76. The van der Waals surface area contributed by atoms with E-state index < -0.39 is 0 Å². The van der Waals surface area contributed by atoms with Gasteiger partial charge in [0.25, 0.3) is 0 Å². The van der Waals surface area contributed by atoms with Crippen molar-refractivity contribution in [3.8, 4) is 11.5 Å². The van der Waals surface area contributed by atoms with Crippen molar-refractivity contribution in [2.24, 2.45) is 9.98 Å². The van der Waals surface area contributed by atoms with Gasteiger partial charge in [0.1, 0.15) is 22.9 Å². The van der Waals surface area contributed by atoms with Gasteiger partial charge in [-0.25, -0.2) is 0 Å². The SMILES string of the molecule is Cc1ccc(O)c(N=CC=Nc2cc(C)ccc2O)c1. The summed E-state index contributed by atoms with van der Waals surface area (Å²) in [5.41, 5.74) is 3.02. The molecule has 0 heterocycles. The molecule has 0 unspecified atom stereocenters. The van der Waals surface area contributed by atoms with Crippen molar-refractivity contribution in [1.29, 1.82) is 0 Å². The molecule has 0 aliphatic heterocycles. The Kier molecular flexibility index (Phi) is 4.15. The number of aromatic hydroxyl groups is 2. The van der Waals surface area contributed by atoms with Crippen LogP contribution >= 0.6 is 0 Å². The molecule has 0 aromatic heterocycles. The fourth-order valence-electron chi connectivity index (χ4n) is 1.70. The molecule has 2 rings (SSSR count). The minimum Gasteiger partial charge on any atom is -0.506 e. The fraction of sp³-hybridized carbons (Fsp3) is 0.125. The molecule has 4 heteroatoms. The van der Waals surface area contributed by atoms with E-state index in [4.69, 9.17) is 0 Å². The Hall–Kier alpha value is -2.62. The first-order valence-corrected chi connectivity index (χ1v) is 6.22. The summed E-state index contributed by atoms with van der Waals surface area (Å²) in [5, 5.41) is 19.3. The Bertz CT molecular complexity index is 617. The first kappa shape index (κ1) is 13.8. The first-order chi connectivity index (χ1) is 9.56. The van der Waals surface area contributed by atoms with Gasteiger partial charge in [0.2, 0.25) is 0 Å². The zero-order valence-electron chi connectivity index (χ0n) is 11.4. The van der Waals surface area contributed by atoms with Crippen LogP contribution in [0.25, 0.3) is 0 Å². The van der Waals surface area contributed by atoms with Gasteiger partial charge >= 0.3 is 0 Å². The van der Waals surface area contributed by atoms with Crippen LogP contribution in [0.4, 0.5) is 11.4 Å². The molecule has 102 valence electrons. The van der Waals surface area contributed by atoms with E-state index in [9.17, 15) is 10.2 Å². The Labute approximate surface area is 117 Å². The van der Waals surface area contributed by atoms with Gasteiger partial charge in [-0.1, -0.05) is 12.1 Å². The van der Waals surface area contributed by atoms with Crippen molar-refractivity contribution in [2.75, 3.05) is 0 Å². The lowest BCUT2D eigenvalue weighted by atomic mass is 10.2. The van der Waals surface area contributed by atoms with E-state index >= 15 is 0 Å². The van der Waals surface area contributed by atoms with Gasteiger partial charge in [0.05, 0.1) is 0 Å². The molecule has 2 aromatic carbocycles. The molecule has 0 aliphatic carbocycles. The van der Waals surface area contributed by atoms with E-state index in [2.05, 4.69) is 9.98 Å². The predicted octanol–water partition coefficient (Wildman–Crippen LogP) is 3.82. The molecule has 0 spiro atoms. The summed E-state index contributed by atoms with van der Waals surface area (Å²) >= 11 is 0. The highest BCUT2D eigenvalue weighted by Crippen LogP contribution is 2.27. The largest absolute Gasteiger partial charge is 0.506 e. The molecule has 2 aromatic rings. The van der Waals surface area contributed by atoms with Gasteiger partial charge in [-0.3, -0.25) is 9.98 Å². The number of hydrogen-bond donors (Lipinski definition) is 2. The summed E-state index contributed by atoms with van der Waals surface area (Å²) in [6.07, 6.45) is 2.96. The van der Waals surface area contributed by atoms with Crippen LogP contribution in [0.15, 0.2) is 46.4 Å². The van der Waals surface area contributed by atoms with Crippen LogP contribution in [0, 0.1) is 13.8 Å². The molecule has 0 bridgehead atoms. The molecule has 0 radical (unpaired) electrons. The highest BCUT2D eigenvalue weighted by Gasteiger charge is 1.98. The van der Waals surface area contributed by atoms with Crippen LogP contribution in [-0.2, 0) is 0 Å². The maximum Gasteiger partial charge on any atom is 0.141 e. The van der Waals surface area contributed by atoms with Gasteiger partial charge in [-0.05, 0) is 49.2 Å². The van der Waals surface area contributed by atoms with Crippen LogP contribution in [0.1, 0.15) is 11.1 Å². The zero-order valence-corrected chi connectivity index (χ0v) is 11.4. The Balaban J connectivity index is 2.15. The monoisotopic (exact) mass is 268 g/mol. The number of nitrogens with zero attached hydrogens (tertiary/aromatic N) is 2. The van der Waals surface area contributed by atoms with E-state index in [0.717, 1.165) is 11.1 Å². The Morgan fingerprint density at radius 2 is 1.15 bits per heavy atom. The number of aryl methyl sites for hydroxylation is 2. The number of phenolic OH excluding ortho intramolecular Hbond substituents is 2. The van der Waals surface area contributed by atoms with E-state index in [-0.39, 0.29) is 11.5 Å². The smallest absolute Gasteiger partial charge is 0.141 e. The zero-order chi connectivity index (χ0) is 14.5. The van der Waals surface area contributed by atoms with Crippen molar-refractivity contribution >= 4 is 23.8 Å². The second-order valence-corrected chi connectivity index (χ2v) is 4.54. The molecule has 20 heavy (non-hydrogen) atoms. The van der Waals surface area contributed by atoms with Crippen LogP contribution in [-0.4, -0.2) is 22.6 Å². The van der Waals surface area contributed by atoms with E-state index in [1.807, 2.05) is 26.0 Å². The Morgan fingerprint density at radius 1 is 0.750 bits per heavy atom. The quantitative estimate of drug-likeness (QED) is 0.831. The highest BCUT2D eigenvalue weighted by molar-refractivity contribution is 6.17. The summed E-state index contributed by atoms with van der Waals surface area (Å²) in [5.74, 6) is 0.248. The average Bonchev–Trinajstić information content (AvgIpc) is 2.42. The summed E-state index contributed by atoms with van der Waals surface area (Å²) in [7, 11) is 0. The summed E-state index contributed by atoms with van der Waals surface area (Å²) in [6, 6.07) is 10.4. The van der Waals surface area contributed by atoms with Crippen molar-refractivity contribution in [1.82, 2.24) is 0 Å². The van der Waals surface area contributed by atoms with Crippen molar-refractivity contribution in [3.63, 3.8) is 0 Å². The summed E-state index contributed by atoms with van der Waals surface area (Å²) < 4.78 is 0. The molecule has 0 amide bonds. The lowest BCUT2D eigenvalue weighted by molar-refractivity contribution is 0.476. The molecule has 2 N–H and O–H groups in total. The van der Waals surface area contributed by atoms with Crippen LogP contribution in [0.2, 0.25) is 0 Å². The van der Waals surface area contributed by atoms with Gasteiger partial charge in [0, 0.05) is 12.4 Å². The standard InChI is InChI=1S/C16H16N2O2/c1-11-3-5-15(19)13(9-11)17-7-8-18-14-10-12(2)4-6-16(14)20/h3-10,19-20H,1-2H3. The second-order valence-electron chi connectivity index (χ2n) is 4.54. The van der Waals surface area contributed by atoms with Crippen LogP contribution in [0.5, 0.6) is 11.5 Å².